The Kier molecular flexibility index (Phi) is 8.30. The highest BCUT2D eigenvalue weighted by atomic mass is 19.4. The van der Waals surface area contributed by atoms with Crippen molar-refractivity contribution in [2.24, 2.45) is 0 Å². The number of likely N-dealkylation sites (tertiary alicyclic amines) is 1. The number of nitrogens with zero attached hydrogens (tertiary/aromatic N) is 8. The van der Waals surface area contributed by atoms with Crippen LogP contribution >= 0.6 is 0 Å². The molecule has 10 nitrogen and oxygen atoms in total. The van der Waals surface area contributed by atoms with Crippen molar-refractivity contribution in [3.8, 4) is 12.1 Å². The molecule has 0 aliphatic carbocycles. The monoisotopic (exact) mass is 570 g/mol. The summed E-state index contributed by atoms with van der Waals surface area (Å²) in [4.78, 5) is 33.5. The van der Waals surface area contributed by atoms with Crippen LogP contribution in [0.5, 0.6) is 6.01 Å². The van der Waals surface area contributed by atoms with Crippen molar-refractivity contribution in [3.63, 3.8) is 0 Å². The summed E-state index contributed by atoms with van der Waals surface area (Å²) in [5, 5.41) is 9.42. The third-order valence-corrected chi connectivity index (χ3v) is 8.06. The van der Waals surface area contributed by atoms with E-state index in [0.29, 0.717) is 50.7 Å². The summed E-state index contributed by atoms with van der Waals surface area (Å²) < 4.78 is 47.4. The van der Waals surface area contributed by atoms with Crippen molar-refractivity contribution < 1.29 is 22.7 Å². The van der Waals surface area contributed by atoms with Crippen molar-refractivity contribution >= 4 is 17.5 Å². The second kappa shape index (κ2) is 11.9. The second-order valence-electron chi connectivity index (χ2n) is 10.6. The Bertz CT molecular complexity index is 1330. The van der Waals surface area contributed by atoms with E-state index < -0.39 is 11.7 Å². The average molecular weight is 571 g/mol. The quantitative estimate of drug-likeness (QED) is 0.465. The van der Waals surface area contributed by atoms with E-state index in [1.165, 1.54) is 18.3 Å². The van der Waals surface area contributed by atoms with Crippen molar-refractivity contribution in [1.82, 2.24) is 24.8 Å². The van der Waals surface area contributed by atoms with E-state index >= 15 is 0 Å². The predicted molar refractivity (Wildman–Crippen MR) is 145 cm³/mol. The Balaban J connectivity index is 1.47. The van der Waals surface area contributed by atoms with Gasteiger partial charge in [-0.2, -0.15) is 28.4 Å². The van der Waals surface area contributed by atoms with Crippen LogP contribution in [-0.2, 0) is 23.9 Å². The molecule has 5 rings (SSSR count). The number of hydrogen-bond acceptors (Lipinski definition) is 9. The fourth-order valence-electron chi connectivity index (χ4n) is 5.86. The Hall–Kier alpha value is -3.92. The molecule has 2 aromatic heterocycles. The van der Waals surface area contributed by atoms with Crippen LogP contribution in [-0.4, -0.2) is 89.1 Å². The Morgan fingerprint density at radius 2 is 2.02 bits per heavy atom. The van der Waals surface area contributed by atoms with E-state index in [4.69, 9.17) is 9.72 Å². The van der Waals surface area contributed by atoms with E-state index in [0.717, 1.165) is 31.0 Å². The fourth-order valence-corrected chi connectivity index (χ4v) is 5.86. The number of likely N-dealkylation sites (N-methyl/N-ethyl adjacent to an activating group) is 1. The van der Waals surface area contributed by atoms with Gasteiger partial charge < -0.3 is 24.3 Å². The smallest absolute Gasteiger partial charge is 0.419 e. The fraction of sp³-hybridized carbons (Fsp3) is 0.536. The molecule has 13 heteroatoms. The highest BCUT2D eigenvalue weighted by molar-refractivity contribution is 5.87. The minimum absolute atomic E-state index is 0.112. The highest BCUT2D eigenvalue weighted by Crippen LogP contribution is 2.38. The predicted octanol–water partition coefficient (Wildman–Crippen LogP) is 3.04. The number of hydrogen-bond donors (Lipinski definition) is 0. The van der Waals surface area contributed by atoms with E-state index in [-0.39, 0.29) is 42.8 Å². The number of carbonyl (C=O) groups is 1. The molecule has 3 aliphatic rings. The minimum atomic E-state index is -4.54. The van der Waals surface area contributed by atoms with Crippen LogP contribution in [0.3, 0.4) is 0 Å². The molecule has 0 spiro atoms. The molecule has 2 saturated heterocycles. The van der Waals surface area contributed by atoms with Gasteiger partial charge in [-0.15, -0.1) is 0 Å². The lowest BCUT2D eigenvalue weighted by Crippen LogP contribution is -2.55. The van der Waals surface area contributed by atoms with Gasteiger partial charge in [-0.05, 0) is 51.1 Å². The van der Waals surface area contributed by atoms with Crippen LogP contribution < -0.4 is 14.5 Å². The number of carbonyl (C=O) groups excluding carboxylic acids is 1. The third-order valence-electron chi connectivity index (χ3n) is 8.06. The number of ether oxygens (including phenoxy) is 1. The van der Waals surface area contributed by atoms with Gasteiger partial charge in [-0.3, -0.25) is 4.79 Å². The second-order valence-corrected chi connectivity index (χ2v) is 10.6. The number of nitriles is 1. The number of rotatable bonds is 7. The zero-order chi connectivity index (χ0) is 29.1. The van der Waals surface area contributed by atoms with Crippen LogP contribution in [0.2, 0.25) is 0 Å². The molecule has 0 bridgehead atoms. The van der Waals surface area contributed by atoms with E-state index in [1.807, 2.05) is 11.9 Å². The van der Waals surface area contributed by atoms with Crippen LogP contribution in [0.4, 0.5) is 24.8 Å². The van der Waals surface area contributed by atoms with E-state index in [9.17, 15) is 23.2 Å². The van der Waals surface area contributed by atoms with Crippen molar-refractivity contribution in [2.75, 3.05) is 56.2 Å². The van der Waals surface area contributed by atoms with Crippen LogP contribution in [0, 0.1) is 11.3 Å². The molecule has 2 atom stereocenters. The summed E-state index contributed by atoms with van der Waals surface area (Å²) >= 11 is 0. The topological polar surface area (TPSA) is 102 Å². The number of amides is 1. The summed E-state index contributed by atoms with van der Waals surface area (Å²) in [6.07, 6.45) is 0.692. The van der Waals surface area contributed by atoms with Gasteiger partial charge in [0, 0.05) is 44.0 Å². The minimum Gasteiger partial charge on any atom is -0.462 e. The Labute approximate surface area is 237 Å². The molecule has 0 saturated carbocycles. The molecule has 0 radical (unpaired) electrons. The summed E-state index contributed by atoms with van der Waals surface area (Å²) in [6, 6.07) is 4.52. The molecule has 2 unspecified atom stereocenters. The first-order valence-corrected chi connectivity index (χ1v) is 13.7. The van der Waals surface area contributed by atoms with Crippen LogP contribution in [0.25, 0.3) is 0 Å². The van der Waals surface area contributed by atoms with Gasteiger partial charge in [0.2, 0.25) is 5.91 Å². The molecule has 0 N–H and O–H groups in total. The maximum absolute atomic E-state index is 13.8. The van der Waals surface area contributed by atoms with Gasteiger partial charge >= 0.3 is 12.2 Å². The van der Waals surface area contributed by atoms with Gasteiger partial charge in [0.25, 0.3) is 0 Å². The van der Waals surface area contributed by atoms with Crippen LogP contribution in [0.15, 0.2) is 31.0 Å². The SMILES string of the molecule is C=CC(=O)N1CCN(c2nc(OCC3CCCN3C)nc3c2CCN(c2ncccc2C(F)(F)F)C3)CC1CC#N. The lowest BCUT2D eigenvalue weighted by molar-refractivity contribution is -0.137. The zero-order valence-electron chi connectivity index (χ0n) is 23.0. The molecule has 41 heavy (non-hydrogen) atoms. The number of aromatic nitrogens is 3. The maximum atomic E-state index is 13.8. The van der Waals surface area contributed by atoms with Crippen LogP contribution in [0.1, 0.15) is 36.1 Å². The number of halogens is 3. The first-order chi connectivity index (χ1) is 19.7. The number of pyridine rings is 1. The molecule has 3 aliphatic heterocycles. The van der Waals surface area contributed by atoms with Crippen molar-refractivity contribution in [3.05, 3.63) is 47.8 Å². The summed E-state index contributed by atoms with van der Waals surface area (Å²) in [7, 11) is 2.04. The Morgan fingerprint density at radius 1 is 1.20 bits per heavy atom. The molecular formula is C28H33F3N8O2. The standard InChI is InChI=1S/C28H33F3N8O2/c1-3-24(40)39-15-14-38(16-19(39)8-10-32)25-21-9-13-37(26-22(28(29,30)31)7-4-11-33-26)17-23(21)34-27(35-25)41-18-20-6-5-12-36(20)2/h3-4,7,11,19-20H,1,5-6,8-9,12-18H2,2H3. The zero-order valence-corrected chi connectivity index (χ0v) is 23.0. The summed E-state index contributed by atoms with van der Waals surface area (Å²) in [5.41, 5.74) is 0.618. The molecule has 2 fully saturated rings. The lowest BCUT2D eigenvalue weighted by atomic mass is 10.0. The molecule has 218 valence electrons. The van der Waals surface area contributed by atoms with Gasteiger partial charge in [-0.25, -0.2) is 4.98 Å². The van der Waals surface area contributed by atoms with Gasteiger partial charge in [-0.1, -0.05) is 6.58 Å². The molecule has 2 aromatic rings. The summed E-state index contributed by atoms with van der Waals surface area (Å²) in [5.74, 6) is 0.271. The largest absolute Gasteiger partial charge is 0.462 e. The molecule has 5 heterocycles. The lowest BCUT2D eigenvalue weighted by Gasteiger charge is -2.42. The van der Waals surface area contributed by atoms with E-state index in [1.54, 1.807) is 9.80 Å². The number of alkyl halides is 3. The van der Waals surface area contributed by atoms with E-state index in [2.05, 4.69) is 27.5 Å². The van der Waals surface area contributed by atoms with Crippen molar-refractivity contribution in [2.45, 2.75) is 50.5 Å². The third kappa shape index (κ3) is 6.07. The Morgan fingerprint density at radius 3 is 2.73 bits per heavy atom. The normalized spacial score (nSPS) is 21.4. The highest BCUT2D eigenvalue weighted by Gasteiger charge is 2.38. The first-order valence-electron chi connectivity index (χ1n) is 13.7. The first kappa shape index (κ1) is 28.6. The average Bonchev–Trinajstić information content (AvgIpc) is 3.39. The van der Waals surface area contributed by atoms with Gasteiger partial charge in [0.05, 0.1) is 36.3 Å². The maximum Gasteiger partial charge on any atom is 0.419 e. The molecular weight excluding hydrogens is 537 g/mol. The number of piperazine rings is 1. The van der Waals surface area contributed by atoms with Gasteiger partial charge in [0.15, 0.2) is 0 Å². The summed E-state index contributed by atoms with van der Waals surface area (Å²) in [6.45, 7) is 6.61. The van der Waals surface area contributed by atoms with Crippen molar-refractivity contribution in [1.29, 1.82) is 5.26 Å². The van der Waals surface area contributed by atoms with Gasteiger partial charge in [0.1, 0.15) is 18.2 Å². The molecule has 0 aromatic carbocycles. The number of fused-ring (bicyclic) bond motifs is 1. The number of anilines is 2. The molecule has 1 amide bonds.